The van der Waals surface area contributed by atoms with Crippen molar-refractivity contribution in [3.05, 3.63) is 40.9 Å². The molecule has 0 saturated carbocycles. The van der Waals surface area contributed by atoms with Crippen molar-refractivity contribution in [3.63, 3.8) is 0 Å². The van der Waals surface area contributed by atoms with Gasteiger partial charge in [-0.15, -0.1) is 0 Å². The second kappa shape index (κ2) is 9.20. The first kappa shape index (κ1) is 19.7. The zero-order chi connectivity index (χ0) is 19.1. The smallest absolute Gasteiger partial charge is 0.226 e. The van der Waals surface area contributed by atoms with Gasteiger partial charge in [0.15, 0.2) is 0 Å². The molecular formula is C19H23ClN2O4. The summed E-state index contributed by atoms with van der Waals surface area (Å²) in [4.78, 5) is 12.3. The number of ether oxygens (including phenoxy) is 3. The van der Waals surface area contributed by atoms with Crippen molar-refractivity contribution in [3.8, 4) is 17.2 Å². The van der Waals surface area contributed by atoms with Crippen LogP contribution in [-0.2, 0) is 4.79 Å². The van der Waals surface area contributed by atoms with Crippen LogP contribution in [0.2, 0.25) is 5.02 Å². The number of hydrogen-bond acceptors (Lipinski definition) is 5. The molecule has 6 nitrogen and oxygen atoms in total. The summed E-state index contributed by atoms with van der Waals surface area (Å²) in [5, 5.41) is 6.45. The summed E-state index contributed by atoms with van der Waals surface area (Å²) >= 11 is 6.07. The van der Waals surface area contributed by atoms with Gasteiger partial charge in [0.05, 0.1) is 37.7 Å². The van der Waals surface area contributed by atoms with Crippen molar-refractivity contribution in [2.24, 2.45) is 0 Å². The molecule has 0 spiro atoms. The topological polar surface area (TPSA) is 68.8 Å². The average molecular weight is 379 g/mol. The highest BCUT2D eigenvalue weighted by Gasteiger charge is 2.13. The van der Waals surface area contributed by atoms with E-state index < -0.39 is 0 Å². The summed E-state index contributed by atoms with van der Waals surface area (Å²) in [6, 6.07) is 9.07. The molecule has 0 atom stereocenters. The van der Waals surface area contributed by atoms with Crippen LogP contribution in [-0.4, -0.2) is 33.8 Å². The molecule has 0 radical (unpaired) electrons. The van der Waals surface area contributed by atoms with E-state index in [1.165, 1.54) is 14.2 Å². The largest absolute Gasteiger partial charge is 0.495 e. The summed E-state index contributed by atoms with van der Waals surface area (Å²) < 4.78 is 15.7. The molecule has 2 aromatic rings. The number of aryl methyl sites for hydroxylation is 1. The number of carbonyl (C=O) groups is 1. The summed E-state index contributed by atoms with van der Waals surface area (Å²) in [7, 11) is 4.64. The predicted octanol–water partition coefficient (Wildman–Crippen LogP) is 4.11. The molecule has 0 heterocycles. The highest BCUT2D eigenvalue weighted by Crippen LogP contribution is 2.35. The Bertz CT molecular complexity index is 780. The molecule has 0 aliphatic rings. The number of rotatable bonds is 8. The van der Waals surface area contributed by atoms with E-state index in [-0.39, 0.29) is 12.3 Å². The van der Waals surface area contributed by atoms with E-state index in [4.69, 9.17) is 25.8 Å². The molecule has 0 unspecified atom stereocenters. The first-order valence-electron chi connectivity index (χ1n) is 8.08. The third-order valence-electron chi connectivity index (χ3n) is 3.77. The van der Waals surface area contributed by atoms with E-state index in [2.05, 4.69) is 10.6 Å². The maximum Gasteiger partial charge on any atom is 0.226 e. The second-order valence-electron chi connectivity index (χ2n) is 5.62. The van der Waals surface area contributed by atoms with E-state index >= 15 is 0 Å². The van der Waals surface area contributed by atoms with Gasteiger partial charge in [-0.3, -0.25) is 4.79 Å². The van der Waals surface area contributed by atoms with Gasteiger partial charge < -0.3 is 24.8 Å². The van der Waals surface area contributed by atoms with Crippen LogP contribution >= 0.6 is 11.6 Å². The normalized spacial score (nSPS) is 10.2. The Hall–Kier alpha value is -2.60. The van der Waals surface area contributed by atoms with E-state index in [1.54, 1.807) is 19.2 Å². The van der Waals surface area contributed by atoms with Gasteiger partial charge in [-0.25, -0.2) is 0 Å². The molecule has 7 heteroatoms. The fourth-order valence-corrected chi connectivity index (χ4v) is 2.67. The molecular weight excluding hydrogens is 356 g/mol. The lowest BCUT2D eigenvalue weighted by atomic mass is 10.2. The predicted molar refractivity (Wildman–Crippen MR) is 104 cm³/mol. The lowest BCUT2D eigenvalue weighted by Gasteiger charge is -2.14. The molecule has 0 bridgehead atoms. The lowest BCUT2D eigenvalue weighted by Crippen LogP contribution is -2.17. The quantitative estimate of drug-likeness (QED) is 0.723. The highest BCUT2D eigenvalue weighted by molar-refractivity contribution is 6.32. The van der Waals surface area contributed by atoms with Crippen molar-refractivity contribution in [1.82, 2.24) is 0 Å². The number of nitrogens with one attached hydrogen (secondary N) is 2. The first-order valence-corrected chi connectivity index (χ1v) is 8.46. The third-order valence-corrected chi connectivity index (χ3v) is 4.07. The zero-order valence-corrected chi connectivity index (χ0v) is 16.1. The molecule has 2 rings (SSSR count). The first-order chi connectivity index (χ1) is 12.5. The Kier molecular flexibility index (Phi) is 6.97. The molecule has 0 aromatic heterocycles. The minimum absolute atomic E-state index is 0.160. The molecule has 2 aromatic carbocycles. The number of hydrogen-bond donors (Lipinski definition) is 2. The SMILES string of the molecule is COc1cc(NC(=O)CCNc2cc(C)ccc2OC)c(OC)cc1Cl. The minimum atomic E-state index is -0.160. The maximum absolute atomic E-state index is 12.3. The van der Waals surface area contributed by atoms with Crippen molar-refractivity contribution < 1.29 is 19.0 Å². The minimum Gasteiger partial charge on any atom is -0.495 e. The van der Waals surface area contributed by atoms with Crippen LogP contribution in [0.1, 0.15) is 12.0 Å². The average Bonchev–Trinajstić information content (AvgIpc) is 2.63. The molecule has 0 aliphatic heterocycles. The number of benzene rings is 2. The molecule has 1 amide bonds. The molecule has 26 heavy (non-hydrogen) atoms. The van der Waals surface area contributed by atoms with E-state index in [1.807, 2.05) is 25.1 Å². The van der Waals surface area contributed by atoms with Crippen LogP contribution in [0.15, 0.2) is 30.3 Å². The molecule has 0 saturated heterocycles. The highest BCUT2D eigenvalue weighted by atomic mass is 35.5. The molecule has 140 valence electrons. The van der Waals surface area contributed by atoms with Crippen molar-refractivity contribution in [2.45, 2.75) is 13.3 Å². The van der Waals surface area contributed by atoms with Crippen LogP contribution < -0.4 is 24.8 Å². The van der Waals surface area contributed by atoms with E-state index in [0.717, 1.165) is 17.0 Å². The Morgan fingerprint density at radius 2 is 1.65 bits per heavy atom. The van der Waals surface area contributed by atoms with Crippen LogP contribution in [0.25, 0.3) is 0 Å². The Labute approximate surface area is 158 Å². The summed E-state index contributed by atoms with van der Waals surface area (Å²) in [6.07, 6.45) is 0.269. The second-order valence-corrected chi connectivity index (χ2v) is 6.02. The van der Waals surface area contributed by atoms with Gasteiger partial charge in [0.1, 0.15) is 17.2 Å². The van der Waals surface area contributed by atoms with Gasteiger partial charge >= 0.3 is 0 Å². The van der Waals surface area contributed by atoms with Crippen LogP contribution in [0.5, 0.6) is 17.2 Å². The molecule has 0 aliphatic carbocycles. The summed E-state index contributed by atoms with van der Waals surface area (Å²) in [5.41, 5.74) is 2.47. The fraction of sp³-hybridized carbons (Fsp3) is 0.316. The van der Waals surface area contributed by atoms with Crippen LogP contribution in [0.3, 0.4) is 0 Å². The summed E-state index contributed by atoms with van der Waals surface area (Å²) in [6.45, 7) is 2.45. The van der Waals surface area contributed by atoms with E-state index in [0.29, 0.717) is 28.8 Å². The third kappa shape index (κ3) is 4.95. The fourth-order valence-electron chi connectivity index (χ4n) is 2.44. The van der Waals surface area contributed by atoms with Gasteiger partial charge in [-0.1, -0.05) is 17.7 Å². The number of halogens is 1. The monoisotopic (exact) mass is 378 g/mol. The molecule has 2 N–H and O–H groups in total. The zero-order valence-electron chi connectivity index (χ0n) is 15.3. The number of amides is 1. The van der Waals surface area contributed by atoms with Gasteiger partial charge in [-0.2, -0.15) is 0 Å². The number of methoxy groups -OCH3 is 3. The Morgan fingerprint density at radius 1 is 0.962 bits per heavy atom. The van der Waals surface area contributed by atoms with Gasteiger partial charge in [0.25, 0.3) is 0 Å². The van der Waals surface area contributed by atoms with Gasteiger partial charge in [-0.05, 0) is 24.6 Å². The Morgan fingerprint density at radius 3 is 2.31 bits per heavy atom. The lowest BCUT2D eigenvalue weighted by molar-refractivity contribution is -0.116. The van der Waals surface area contributed by atoms with Gasteiger partial charge in [0.2, 0.25) is 5.91 Å². The van der Waals surface area contributed by atoms with E-state index in [9.17, 15) is 4.79 Å². The van der Waals surface area contributed by atoms with Crippen molar-refractivity contribution in [2.75, 3.05) is 38.5 Å². The number of carbonyl (C=O) groups excluding carboxylic acids is 1. The van der Waals surface area contributed by atoms with Gasteiger partial charge in [0, 0.05) is 25.1 Å². The standard InChI is InChI=1S/C19H23ClN2O4/c1-12-5-6-16(24-2)14(9-12)21-8-7-19(23)22-15-11-17(25-3)13(20)10-18(15)26-4/h5-6,9-11,21H,7-8H2,1-4H3,(H,22,23). The number of anilines is 2. The van der Waals surface area contributed by atoms with Crippen molar-refractivity contribution >= 4 is 28.9 Å². The Balaban J connectivity index is 1.98. The van der Waals surface area contributed by atoms with Crippen molar-refractivity contribution in [1.29, 1.82) is 0 Å². The summed E-state index contributed by atoms with van der Waals surface area (Å²) in [5.74, 6) is 1.51. The molecule has 0 fully saturated rings. The maximum atomic E-state index is 12.3. The van der Waals surface area contributed by atoms with Crippen LogP contribution in [0, 0.1) is 6.92 Å². The van der Waals surface area contributed by atoms with Crippen LogP contribution in [0.4, 0.5) is 11.4 Å².